The second-order valence-corrected chi connectivity index (χ2v) is 5.41. The molecule has 0 fully saturated rings. The van der Waals surface area contributed by atoms with Crippen LogP contribution in [0.5, 0.6) is 0 Å². The monoisotopic (exact) mass is 304 g/mol. The van der Waals surface area contributed by atoms with Crippen LogP contribution in [0.25, 0.3) is 0 Å². The number of aromatic nitrogens is 2. The Morgan fingerprint density at radius 1 is 1.19 bits per heavy atom. The summed E-state index contributed by atoms with van der Waals surface area (Å²) in [5, 5.41) is 7.42. The second-order valence-electron chi connectivity index (χ2n) is 5.00. The van der Waals surface area contributed by atoms with Gasteiger partial charge in [-0.3, -0.25) is 0 Å². The molecule has 21 heavy (non-hydrogen) atoms. The molecule has 0 bridgehead atoms. The molecular formula is C16H21ClN4. The molecule has 0 spiro atoms. The van der Waals surface area contributed by atoms with Gasteiger partial charge in [0.15, 0.2) is 0 Å². The van der Waals surface area contributed by atoms with E-state index in [1.165, 1.54) is 0 Å². The molecule has 0 aliphatic heterocycles. The summed E-state index contributed by atoms with van der Waals surface area (Å²) >= 11 is 6.23. The lowest BCUT2D eigenvalue weighted by Gasteiger charge is -2.17. The molecule has 112 valence electrons. The van der Waals surface area contributed by atoms with E-state index in [2.05, 4.69) is 34.4 Å². The first-order chi connectivity index (χ1) is 10.1. The first-order valence-electron chi connectivity index (χ1n) is 7.20. The van der Waals surface area contributed by atoms with E-state index in [-0.39, 0.29) is 6.04 Å². The summed E-state index contributed by atoms with van der Waals surface area (Å²) in [4.78, 5) is 8.81. The Kier molecular flexibility index (Phi) is 5.39. The van der Waals surface area contributed by atoms with Gasteiger partial charge in [0.2, 0.25) is 0 Å². The van der Waals surface area contributed by atoms with Crippen LogP contribution in [0.2, 0.25) is 5.02 Å². The number of benzene rings is 1. The Labute approximate surface area is 131 Å². The predicted octanol–water partition coefficient (Wildman–Crippen LogP) is 4.43. The molecule has 4 nitrogen and oxygen atoms in total. The number of hydrogen-bond donors (Lipinski definition) is 2. The molecular weight excluding hydrogens is 284 g/mol. The zero-order chi connectivity index (χ0) is 15.2. The van der Waals surface area contributed by atoms with E-state index >= 15 is 0 Å². The number of nitrogens with one attached hydrogen (secondary N) is 2. The Morgan fingerprint density at radius 3 is 2.62 bits per heavy atom. The maximum absolute atomic E-state index is 6.23. The lowest BCUT2D eigenvalue weighted by atomic mass is 10.1. The second kappa shape index (κ2) is 7.27. The molecule has 1 aromatic heterocycles. The fraction of sp³-hybridized carbons (Fsp3) is 0.375. The van der Waals surface area contributed by atoms with Crippen molar-refractivity contribution in [2.45, 2.75) is 33.2 Å². The fourth-order valence-corrected chi connectivity index (χ4v) is 2.41. The topological polar surface area (TPSA) is 49.8 Å². The molecule has 1 aromatic carbocycles. The van der Waals surface area contributed by atoms with E-state index in [0.717, 1.165) is 41.0 Å². The van der Waals surface area contributed by atoms with Gasteiger partial charge in [0.25, 0.3) is 0 Å². The molecule has 2 rings (SSSR count). The Bertz CT molecular complexity index is 601. The van der Waals surface area contributed by atoms with Gasteiger partial charge in [-0.1, -0.05) is 36.7 Å². The van der Waals surface area contributed by atoms with Gasteiger partial charge in [-0.25, -0.2) is 9.97 Å². The predicted molar refractivity (Wildman–Crippen MR) is 89.0 cm³/mol. The minimum Gasteiger partial charge on any atom is -0.370 e. The molecule has 0 amide bonds. The third kappa shape index (κ3) is 4.33. The highest BCUT2D eigenvalue weighted by atomic mass is 35.5. The maximum Gasteiger partial charge on any atom is 0.132 e. The Balaban J connectivity index is 2.15. The number of rotatable bonds is 6. The zero-order valence-corrected chi connectivity index (χ0v) is 13.4. The number of halogens is 1. The zero-order valence-electron chi connectivity index (χ0n) is 12.7. The highest BCUT2D eigenvalue weighted by molar-refractivity contribution is 6.31. The maximum atomic E-state index is 6.23. The van der Waals surface area contributed by atoms with E-state index < -0.39 is 0 Å². The summed E-state index contributed by atoms with van der Waals surface area (Å²) in [5.41, 5.74) is 1.05. The van der Waals surface area contributed by atoms with Crippen molar-refractivity contribution < 1.29 is 0 Å². The van der Waals surface area contributed by atoms with Crippen LogP contribution in [-0.4, -0.2) is 16.5 Å². The molecule has 1 heterocycles. The SMILES string of the molecule is CCCNc1cc(NC(C)c2ccccc2Cl)nc(C)n1. The smallest absolute Gasteiger partial charge is 0.132 e. The van der Waals surface area contributed by atoms with Crippen molar-refractivity contribution in [3.8, 4) is 0 Å². The first kappa shape index (κ1) is 15.6. The van der Waals surface area contributed by atoms with E-state index in [4.69, 9.17) is 11.6 Å². The van der Waals surface area contributed by atoms with Gasteiger partial charge in [-0.2, -0.15) is 0 Å². The van der Waals surface area contributed by atoms with Crippen LogP contribution in [0.4, 0.5) is 11.6 Å². The van der Waals surface area contributed by atoms with Crippen LogP contribution in [0.3, 0.4) is 0 Å². The molecule has 1 atom stereocenters. The van der Waals surface area contributed by atoms with E-state index in [1.54, 1.807) is 0 Å². The van der Waals surface area contributed by atoms with Crippen LogP contribution in [0, 0.1) is 6.92 Å². The van der Waals surface area contributed by atoms with Gasteiger partial charge in [0.1, 0.15) is 17.5 Å². The minimum atomic E-state index is 0.0759. The van der Waals surface area contributed by atoms with Gasteiger partial charge >= 0.3 is 0 Å². The van der Waals surface area contributed by atoms with Crippen molar-refractivity contribution in [1.29, 1.82) is 0 Å². The normalized spacial score (nSPS) is 12.0. The van der Waals surface area contributed by atoms with Gasteiger partial charge in [0, 0.05) is 17.6 Å². The van der Waals surface area contributed by atoms with Crippen LogP contribution >= 0.6 is 11.6 Å². The van der Waals surface area contributed by atoms with Crippen LogP contribution < -0.4 is 10.6 Å². The molecule has 2 aromatic rings. The molecule has 0 saturated carbocycles. The largest absolute Gasteiger partial charge is 0.370 e. The van der Waals surface area contributed by atoms with Crippen LogP contribution in [0.15, 0.2) is 30.3 Å². The summed E-state index contributed by atoms with van der Waals surface area (Å²) in [6.45, 7) is 6.98. The van der Waals surface area contributed by atoms with Crippen molar-refractivity contribution in [1.82, 2.24) is 9.97 Å². The molecule has 5 heteroatoms. The van der Waals surface area contributed by atoms with Crippen LogP contribution in [-0.2, 0) is 0 Å². The molecule has 0 aliphatic carbocycles. The molecule has 0 saturated heterocycles. The van der Waals surface area contributed by atoms with Crippen molar-refractivity contribution in [3.63, 3.8) is 0 Å². The number of nitrogens with zero attached hydrogens (tertiary/aromatic N) is 2. The third-order valence-electron chi connectivity index (χ3n) is 3.13. The first-order valence-corrected chi connectivity index (χ1v) is 7.58. The highest BCUT2D eigenvalue weighted by Crippen LogP contribution is 2.25. The fourth-order valence-electron chi connectivity index (χ4n) is 2.11. The summed E-state index contributed by atoms with van der Waals surface area (Å²) in [7, 11) is 0. The van der Waals surface area contributed by atoms with Crippen molar-refractivity contribution in [2.24, 2.45) is 0 Å². The van der Waals surface area contributed by atoms with Gasteiger partial charge < -0.3 is 10.6 Å². The van der Waals surface area contributed by atoms with Crippen molar-refractivity contribution >= 4 is 23.2 Å². The third-order valence-corrected chi connectivity index (χ3v) is 3.47. The van der Waals surface area contributed by atoms with Crippen LogP contribution in [0.1, 0.15) is 37.7 Å². The highest BCUT2D eigenvalue weighted by Gasteiger charge is 2.10. The molecule has 2 N–H and O–H groups in total. The molecule has 1 unspecified atom stereocenters. The van der Waals surface area contributed by atoms with E-state index in [9.17, 15) is 0 Å². The summed E-state index contributed by atoms with van der Waals surface area (Å²) in [6.07, 6.45) is 1.06. The van der Waals surface area contributed by atoms with Gasteiger partial charge in [-0.15, -0.1) is 0 Å². The summed E-state index contributed by atoms with van der Waals surface area (Å²) in [6, 6.07) is 9.83. The van der Waals surface area contributed by atoms with Crippen molar-refractivity contribution in [3.05, 3.63) is 46.7 Å². The average molecular weight is 305 g/mol. The van der Waals surface area contributed by atoms with Gasteiger partial charge in [0.05, 0.1) is 6.04 Å². The lowest BCUT2D eigenvalue weighted by molar-refractivity contribution is 0.866. The molecule has 0 aliphatic rings. The standard InChI is InChI=1S/C16H21ClN4/c1-4-9-18-15-10-16(21-12(3)20-15)19-11(2)13-7-5-6-8-14(13)17/h5-8,10-11H,4,9H2,1-3H3,(H2,18,19,20,21). The average Bonchev–Trinajstić information content (AvgIpc) is 2.45. The Morgan fingerprint density at radius 2 is 1.90 bits per heavy atom. The summed E-state index contributed by atoms with van der Waals surface area (Å²) in [5.74, 6) is 2.39. The number of hydrogen-bond acceptors (Lipinski definition) is 4. The van der Waals surface area contributed by atoms with Gasteiger partial charge in [-0.05, 0) is 31.9 Å². The van der Waals surface area contributed by atoms with E-state index in [0.29, 0.717) is 0 Å². The molecule has 0 radical (unpaired) electrons. The minimum absolute atomic E-state index is 0.0759. The van der Waals surface area contributed by atoms with Crippen molar-refractivity contribution in [2.75, 3.05) is 17.2 Å². The number of aryl methyl sites for hydroxylation is 1. The Hall–Kier alpha value is -1.81. The quantitative estimate of drug-likeness (QED) is 0.828. The summed E-state index contributed by atoms with van der Waals surface area (Å²) < 4.78 is 0. The van der Waals surface area contributed by atoms with E-state index in [1.807, 2.05) is 37.3 Å². The number of anilines is 2. The lowest BCUT2D eigenvalue weighted by Crippen LogP contribution is -2.11.